The van der Waals surface area contributed by atoms with Gasteiger partial charge in [0.1, 0.15) is 11.7 Å². The predicted molar refractivity (Wildman–Crippen MR) is 76.5 cm³/mol. The second-order valence-corrected chi connectivity index (χ2v) is 5.87. The van der Waals surface area contributed by atoms with Gasteiger partial charge in [-0.05, 0) is 32.4 Å². The number of halogens is 2. The summed E-state index contributed by atoms with van der Waals surface area (Å²) in [5, 5.41) is 12.1. The minimum atomic E-state index is -1.30. The van der Waals surface area contributed by atoms with Crippen molar-refractivity contribution in [3.8, 4) is 5.88 Å². The summed E-state index contributed by atoms with van der Waals surface area (Å²) < 4.78 is 19.0. The molecule has 1 aliphatic rings. The minimum Gasteiger partial charge on any atom is -0.477 e. The van der Waals surface area contributed by atoms with Gasteiger partial charge in [0, 0.05) is 12.0 Å². The summed E-state index contributed by atoms with van der Waals surface area (Å²) in [6, 6.07) is 0.836. The Labute approximate surface area is 127 Å². The van der Waals surface area contributed by atoms with Gasteiger partial charge in [-0.3, -0.25) is 0 Å². The standard InChI is InChI=1S/C14H18ClFN2O3/c1-3-8(7-14(2)4-5-17-14)21-12-9(13(19)20)6-10(16)11(15)18-12/h6,8,17H,3-5,7H2,1-2H3,(H,19,20). The molecule has 2 heterocycles. The van der Waals surface area contributed by atoms with Gasteiger partial charge in [-0.1, -0.05) is 18.5 Å². The first-order chi connectivity index (χ1) is 9.84. The highest BCUT2D eigenvalue weighted by Gasteiger charge is 2.34. The molecular formula is C14H18ClFN2O3. The molecule has 2 unspecified atom stereocenters. The third-order valence-electron chi connectivity index (χ3n) is 3.77. The Morgan fingerprint density at radius 2 is 2.38 bits per heavy atom. The molecule has 1 aliphatic heterocycles. The van der Waals surface area contributed by atoms with E-state index in [9.17, 15) is 9.18 Å². The summed E-state index contributed by atoms with van der Waals surface area (Å²) in [6.45, 7) is 5.00. The van der Waals surface area contributed by atoms with E-state index in [-0.39, 0.29) is 23.1 Å². The molecule has 2 rings (SSSR count). The number of pyridine rings is 1. The van der Waals surface area contributed by atoms with E-state index in [1.54, 1.807) is 0 Å². The fourth-order valence-corrected chi connectivity index (χ4v) is 2.48. The van der Waals surface area contributed by atoms with Gasteiger partial charge in [0.15, 0.2) is 11.0 Å². The van der Waals surface area contributed by atoms with Crippen LogP contribution in [-0.4, -0.2) is 34.2 Å². The van der Waals surface area contributed by atoms with Crippen LogP contribution in [0.25, 0.3) is 0 Å². The molecule has 0 saturated carbocycles. The fraction of sp³-hybridized carbons (Fsp3) is 0.571. The second-order valence-electron chi connectivity index (χ2n) is 5.51. The number of carboxylic acid groups (broad SMARTS) is 1. The Hall–Kier alpha value is -1.40. The van der Waals surface area contributed by atoms with Crippen LogP contribution in [0.1, 0.15) is 43.5 Å². The monoisotopic (exact) mass is 316 g/mol. The lowest BCUT2D eigenvalue weighted by Gasteiger charge is -2.42. The van der Waals surface area contributed by atoms with Crippen molar-refractivity contribution in [1.29, 1.82) is 0 Å². The average Bonchev–Trinajstić information content (AvgIpc) is 2.39. The van der Waals surface area contributed by atoms with Crippen molar-refractivity contribution < 1.29 is 19.0 Å². The van der Waals surface area contributed by atoms with Gasteiger partial charge in [-0.2, -0.15) is 4.98 Å². The van der Waals surface area contributed by atoms with Crippen LogP contribution in [0.4, 0.5) is 4.39 Å². The molecule has 0 aromatic carbocycles. The quantitative estimate of drug-likeness (QED) is 0.790. The summed E-state index contributed by atoms with van der Waals surface area (Å²) in [7, 11) is 0. The van der Waals surface area contributed by atoms with Gasteiger partial charge in [-0.15, -0.1) is 0 Å². The molecule has 116 valence electrons. The molecule has 1 aromatic heterocycles. The van der Waals surface area contributed by atoms with Crippen LogP contribution in [0.15, 0.2) is 6.07 Å². The summed E-state index contributed by atoms with van der Waals surface area (Å²) in [5.74, 6) is -2.30. The molecule has 1 saturated heterocycles. The number of carboxylic acids is 1. The van der Waals surface area contributed by atoms with Crippen LogP contribution in [0.2, 0.25) is 5.15 Å². The Morgan fingerprint density at radius 1 is 1.71 bits per heavy atom. The Balaban J connectivity index is 2.20. The Kier molecular flexibility index (Phi) is 4.68. The first kappa shape index (κ1) is 16.0. The van der Waals surface area contributed by atoms with Crippen LogP contribution >= 0.6 is 11.6 Å². The van der Waals surface area contributed by atoms with Crippen molar-refractivity contribution in [1.82, 2.24) is 10.3 Å². The molecule has 0 spiro atoms. The van der Waals surface area contributed by atoms with E-state index < -0.39 is 16.9 Å². The highest BCUT2D eigenvalue weighted by Crippen LogP contribution is 2.29. The zero-order valence-corrected chi connectivity index (χ0v) is 12.7. The van der Waals surface area contributed by atoms with Crippen molar-refractivity contribution in [3.05, 3.63) is 22.6 Å². The van der Waals surface area contributed by atoms with Crippen LogP contribution < -0.4 is 10.1 Å². The van der Waals surface area contributed by atoms with Crippen molar-refractivity contribution in [3.63, 3.8) is 0 Å². The third kappa shape index (κ3) is 3.63. The number of rotatable bonds is 6. The molecular weight excluding hydrogens is 299 g/mol. The number of hydrogen-bond acceptors (Lipinski definition) is 4. The molecule has 0 bridgehead atoms. The molecule has 0 amide bonds. The number of carbonyl (C=O) groups is 1. The summed E-state index contributed by atoms with van der Waals surface area (Å²) in [6.07, 6.45) is 2.23. The molecule has 1 fully saturated rings. The highest BCUT2D eigenvalue weighted by molar-refractivity contribution is 6.29. The first-order valence-electron chi connectivity index (χ1n) is 6.85. The minimum absolute atomic E-state index is 0.00606. The maximum atomic E-state index is 13.4. The van der Waals surface area contributed by atoms with E-state index in [4.69, 9.17) is 21.4 Å². The summed E-state index contributed by atoms with van der Waals surface area (Å²) in [5.41, 5.74) is -0.324. The Bertz CT molecular complexity index is 549. The number of nitrogens with one attached hydrogen (secondary N) is 1. The largest absolute Gasteiger partial charge is 0.477 e. The van der Waals surface area contributed by atoms with Gasteiger partial charge in [-0.25, -0.2) is 9.18 Å². The van der Waals surface area contributed by atoms with E-state index in [0.717, 1.165) is 25.5 Å². The van der Waals surface area contributed by atoms with Gasteiger partial charge < -0.3 is 15.2 Å². The predicted octanol–water partition coefficient (Wildman–Crippen LogP) is 2.87. The lowest BCUT2D eigenvalue weighted by molar-refractivity contribution is 0.0677. The molecule has 5 nitrogen and oxygen atoms in total. The highest BCUT2D eigenvalue weighted by atomic mass is 35.5. The van der Waals surface area contributed by atoms with Gasteiger partial charge in [0.25, 0.3) is 0 Å². The molecule has 2 atom stereocenters. The number of nitrogens with zero attached hydrogens (tertiary/aromatic N) is 1. The van der Waals surface area contributed by atoms with Gasteiger partial charge in [0.2, 0.25) is 5.88 Å². The van der Waals surface area contributed by atoms with Crippen molar-refractivity contribution in [2.24, 2.45) is 0 Å². The number of aromatic carboxylic acids is 1. The Morgan fingerprint density at radius 3 is 2.86 bits per heavy atom. The first-order valence-corrected chi connectivity index (χ1v) is 7.23. The number of hydrogen-bond donors (Lipinski definition) is 2. The van der Waals surface area contributed by atoms with Crippen LogP contribution in [-0.2, 0) is 0 Å². The second kappa shape index (κ2) is 6.15. The van der Waals surface area contributed by atoms with E-state index in [1.807, 2.05) is 6.92 Å². The molecule has 1 aromatic rings. The fourth-order valence-electron chi connectivity index (χ4n) is 2.35. The molecule has 7 heteroatoms. The van der Waals surface area contributed by atoms with Crippen molar-refractivity contribution in [2.45, 2.75) is 44.8 Å². The SMILES string of the molecule is CCC(CC1(C)CCN1)Oc1nc(Cl)c(F)cc1C(=O)O. The zero-order valence-electron chi connectivity index (χ0n) is 11.9. The maximum Gasteiger partial charge on any atom is 0.341 e. The molecule has 0 radical (unpaired) electrons. The normalized spacial score (nSPS) is 22.5. The van der Waals surface area contributed by atoms with E-state index >= 15 is 0 Å². The summed E-state index contributed by atoms with van der Waals surface area (Å²) in [4.78, 5) is 14.9. The maximum absolute atomic E-state index is 13.4. The smallest absolute Gasteiger partial charge is 0.341 e. The van der Waals surface area contributed by atoms with Crippen molar-refractivity contribution in [2.75, 3.05) is 6.54 Å². The summed E-state index contributed by atoms with van der Waals surface area (Å²) >= 11 is 5.62. The van der Waals surface area contributed by atoms with Gasteiger partial charge >= 0.3 is 5.97 Å². The molecule has 0 aliphatic carbocycles. The molecule has 21 heavy (non-hydrogen) atoms. The average molecular weight is 317 g/mol. The lowest BCUT2D eigenvalue weighted by atomic mass is 9.84. The van der Waals surface area contributed by atoms with Crippen LogP contribution in [0.5, 0.6) is 5.88 Å². The van der Waals surface area contributed by atoms with E-state index in [1.165, 1.54) is 0 Å². The lowest BCUT2D eigenvalue weighted by Crippen LogP contribution is -2.56. The van der Waals surface area contributed by atoms with Crippen molar-refractivity contribution >= 4 is 17.6 Å². The number of ether oxygens (including phenoxy) is 1. The molecule has 2 N–H and O–H groups in total. The van der Waals surface area contributed by atoms with Crippen LogP contribution in [0, 0.1) is 5.82 Å². The van der Waals surface area contributed by atoms with Gasteiger partial charge in [0.05, 0.1) is 0 Å². The van der Waals surface area contributed by atoms with E-state index in [0.29, 0.717) is 6.42 Å². The zero-order chi connectivity index (χ0) is 15.6. The third-order valence-corrected chi connectivity index (χ3v) is 4.03. The van der Waals surface area contributed by atoms with Crippen LogP contribution in [0.3, 0.4) is 0 Å². The van der Waals surface area contributed by atoms with E-state index in [2.05, 4.69) is 17.2 Å². The number of aromatic nitrogens is 1. The topological polar surface area (TPSA) is 71.5 Å².